The number of halogens is 2. The van der Waals surface area contributed by atoms with Crippen molar-refractivity contribution in [1.82, 2.24) is 0 Å². The van der Waals surface area contributed by atoms with Gasteiger partial charge in [0.15, 0.2) is 0 Å². The van der Waals surface area contributed by atoms with E-state index in [1.165, 1.54) is 12.1 Å². The molecule has 0 aliphatic heterocycles. The van der Waals surface area contributed by atoms with E-state index in [1.54, 1.807) is 0 Å². The maximum atomic E-state index is 13.2. The average Bonchev–Trinajstić information content (AvgIpc) is 2.34. The summed E-state index contributed by atoms with van der Waals surface area (Å²) in [7, 11) is 0. The topological polar surface area (TPSA) is 20.2 Å². The third-order valence-corrected chi connectivity index (χ3v) is 3.78. The minimum absolute atomic E-state index is 0.00120. The molecule has 0 bridgehead atoms. The second kappa shape index (κ2) is 3.77. The predicted molar refractivity (Wildman–Crippen MR) is 62.4 cm³/mol. The van der Waals surface area contributed by atoms with E-state index in [0.717, 1.165) is 12.5 Å². The molecule has 0 aromatic heterocycles. The van der Waals surface area contributed by atoms with Crippen molar-refractivity contribution in [2.24, 2.45) is 11.3 Å². The van der Waals surface area contributed by atoms with Gasteiger partial charge >= 0.3 is 0 Å². The first kappa shape index (κ1) is 12.5. The Morgan fingerprint density at radius 1 is 1.18 bits per heavy atom. The standard InChI is InChI=1S/C14H18F2O/c1-9-7-13(2,3)8-14(9,17)10-4-11(15)6-12(16)5-10/h4-6,9,17H,7-8H2,1-3H3. The summed E-state index contributed by atoms with van der Waals surface area (Å²) in [6.45, 7) is 6.06. The SMILES string of the molecule is CC1CC(C)(C)CC1(O)c1cc(F)cc(F)c1. The van der Waals surface area contributed by atoms with Gasteiger partial charge in [-0.3, -0.25) is 0 Å². The Bertz CT molecular complexity index is 422. The van der Waals surface area contributed by atoms with Crippen molar-refractivity contribution in [3.63, 3.8) is 0 Å². The molecule has 1 aromatic carbocycles. The summed E-state index contributed by atoms with van der Waals surface area (Å²) in [5.41, 5.74) is -0.767. The van der Waals surface area contributed by atoms with Crippen LogP contribution in [0.15, 0.2) is 18.2 Å². The number of hydrogen-bond acceptors (Lipinski definition) is 1. The first-order valence-electron chi connectivity index (χ1n) is 5.92. The van der Waals surface area contributed by atoms with Gasteiger partial charge in [-0.1, -0.05) is 20.8 Å². The Hall–Kier alpha value is -0.960. The Labute approximate surface area is 100 Å². The molecule has 94 valence electrons. The van der Waals surface area contributed by atoms with E-state index < -0.39 is 17.2 Å². The maximum Gasteiger partial charge on any atom is 0.126 e. The van der Waals surface area contributed by atoms with Gasteiger partial charge in [-0.05, 0) is 41.9 Å². The second-order valence-corrected chi connectivity index (χ2v) is 6.03. The first-order valence-corrected chi connectivity index (χ1v) is 5.92. The van der Waals surface area contributed by atoms with E-state index in [0.29, 0.717) is 12.0 Å². The smallest absolute Gasteiger partial charge is 0.126 e. The zero-order valence-corrected chi connectivity index (χ0v) is 10.4. The predicted octanol–water partition coefficient (Wildman–Crippen LogP) is 3.61. The summed E-state index contributed by atoms with van der Waals surface area (Å²) < 4.78 is 26.4. The molecule has 0 amide bonds. The second-order valence-electron chi connectivity index (χ2n) is 6.03. The molecule has 0 radical (unpaired) electrons. The van der Waals surface area contributed by atoms with Crippen molar-refractivity contribution >= 4 is 0 Å². The normalized spacial score (nSPS) is 31.8. The largest absolute Gasteiger partial charge is 0.385 e. The lowest BCUT2D eigenvalue weighted by Gasteiger charge is -2.29. The van der Waals surface area contributed by atoms with E-state index in [-0.39, 0.29) is 11.3 Å². The molecule has 0 saturated heterocycles. The molecule has 3 heteroatoms. The van der Waals surface area contributed by atoms with Gasteiger partial charge < -0.3 is 5.11 Å². The lowest BCUT2D eigenvalue weighted by atomic mass is 9.83. The summed E-state index contributed by atoms with van der Waals surface area (Å²) in [5.74, 6) is -1.27. The minimum atomic E-state index is -1.12. The third-order valence-electron chi connectivity index (χ3n) is 3.78. The molecule has 1 aliphatic carbocycles. The highest BCUT2D eigenvalue weighted by atomic mass is 19.1. The summed E-state index contributed by atoms with van der Waals surface area (Å²) in [5, 5.41) is 10.7. The molecule has 2 rings (SSSR count). The molecule has 17 heavy (non-hydrogen) atoms. The molecule has 1 saturated carbocycles. The van der Waals surface area contributed by atoms with E-state index >= 15 is 0 Å². The van der Waals surface area contributed by atoms with Gasteiger partial charge in [-0.25, -0.2) is 8.78 Å². The monoisotopic (exact) mass is 240 g/mol. The molecule has 1 aromatic rings. The molecule has 1 N–H and O–H groups in total. The quantitative estimate of drug-likeness (QED) is 0.795. The molecule has 0 heterocycles. The summed E-state index contributed by atoms with van der Waals surface area (Å²) in [6.07, 6.45) is 1.38. The van der Waals surface area contributed by atoms with Crippen LogP contribution in [0, 0.1) is 23.0 Å². The van der Waals surface area contributed by atoms with Crippen LogP contribution < -0.4 is 0 Å². The Morgan fingerprint density at radius 3 is 2.12 bits per heavy atom. The molecular formula is C14H18F2O. The van der Waals surface area contributed by atoms with E-state index in [1.807, 2.05) is 6.92 Å². The van der Waals surface area contributed by atoms with Crippen molar-refractivity contribution in [2.45, 2.75) is 39.2 Å². The van der Waals surface area contributed by atoms with Crippen molar-refractivity contribution in [2.75, 3.05) is 0 Å². The van der Waals surface area contributed by atoms with Crippen molar-refractivity contribution in [3.05, 3.63) is 35.4 Å². The van der Waals surface area contributed by atoms with Crippen LogP contribution in [0.1, 0.15) is 39.2 Å². The van der Waals surface area contributed by atoms with Gasteiger partial charge in [0.1, 0.15) is 11.6 Å². The summed E-state index contributed by atoms with van der Waals surface area (Å²) in [6, 6.07) is 3.31. The van der Waals surface area contributed by atoms with Crippen LogP contribution in [0.25, 0.3) is 0 Å². The van der Waals surface area contributed by atoms with Crippen LogP contribution >= 0.6 is 0 Å². The highest BCUT2D eigenvalue weighted by Crippen LogP contribution is 2.52. The van der Waals surface area contributed by atoms with Crippen LogP contribution in [0.3, 0.4) is 0 Å². The van der Waals surface area contributed by atoms with Crippen LogP contribution in [0.5, 0.6) is 0 Å². The van der Waals surface area contributed by atoms with Gasteiger partial charge in [0.05, 0.1) is 5.60 Å². The zero-order valence-electron chi connectivity index (χ0n) is 10.4. The fraction of sp³-hybridized carbons (Fsp3) is 0.571. The van der Waals surface area contributed by atoms with Crippen LogP contribution in [0.2, 0.25) is 0 Å². The summed E-state index contributed by atoms with van der Waals surface area (Å²) in [4.78, 5) is 0. The average molecular weight is 240 g/mol. The fourth-order valence-corrected chi connectivity index (χ4v) is 3.16. The van der Waals surface area contributed by atoms with Crippen molar-refractivity contribution < 1.29 is 13.9 Å². The highest BCUT2D eigenvalue weighted by molar-refractivity contribution is 5.27. The number of hydrogen-bond donors (Lipinski definition) is 1. The Morgan fingerprint density at radius 2 is 1.71 bits per heavy atom. The molecule has 2 unspecified atom stereocenters. The molecule has 1 aliphatic rings. The molecular weight excluding hydrogens is 222 g/mol. The molecule has 0 spiro atoms. The van der Waals surface area contributed by atoms with Gasteiger partial charge in [0.2, 0.25) is 0 Å². The number of aliphatic hydroxyl groups is 1. The third kappa shape index (κ3) is 2.21. The van der Waals surface area contributed by atoms with Crippen molar-refractivity contribution in [3.8, 4) is 0 Å². The lowest BCUT2D eigenvalue weighted by molar-refractivity contribution is -0.00139. The van der Waals surface area contributed by atoms with Crippen LogP contribution in [0.4, 0.5) is 8.78 Å². The van der Waals surface area contributed by atoms with Crippen LogP contribution in [-0.2, 0) is 5.60 Å². The lowest BCUT2D eigenvalue weighted by Crippen LogP contribution is -2.29. The number of rotatable bonds is 1. The van der Waals surface area contributed by atoms with Gasteiger partial charge in [-0.2, -0.15) is 0 Å². The highest BCUT2D eigenvalue weighted by Gasteiger charge is 2.48. The first-order chi connectivity index (χ1) is 7.73. The molecule has 1 fully saturated rings. The Balaban J connectivity index is 2.45. The van der Waals surface area contributed by atoms with E-state index in [4.69, 9.17) is 0 Å². The molecule has 2 atom stereocenters. The minimum Gasteiger partial charge on any atom is -0.385 e. The zero-order chi connectivity index (χ0) is 12.8. The Kier molecular flexibility index (Phi) is 2.77. The van der Waals surface area contributed by atoms with Crippen LogP contribution in [-0.4, -0.2) is 5.11 Å². The fourth-order valence-electron chi connectivity index (χ4n) is 3.16. The molecule has 1 nitrogen and oxygen atoms in total. The van der Waals surface area contributed by atoms with Gasteiger partial charge in [-0.15, -0.1) is 0 Å². The van der Waals surface area contributed by atoms with Crippen molar-refractivity contribution in [1.29, 1.82) is 0 Å². The van der Waals surface area contributed by atoms with Gasteiger partial charge in [0.25, 0.3) is 0 Å². The maximum absolute atomic E-state index is 13.2. The van der Waals surface area contributed by atoms with E-state index in [2.05, 4.69) is 13.8 Å². The van der Waals surface area contributed by atoms with E-state index in [9.17, 15) is 13.9 Å². The number of benzene rings is 1. The van der Waals surface area contributed by atoms with Gasteiger partial charge in [0, 0.05) is 6.07 Å². The summed E-state index contributed by atoms with van der Waals surface area (Å²) >= 11 is 0.